The third-order valence-corrected chi connectivity index (χ3v) is 3.21. The van der Waals surface area contributed by atoms with Gasteiger partial charge in [0.15, 0.2) is 6.10 Å². The lowest BCUT2D eigenvalue weighted by Crippen LogP contribution is -2.30. The largest absolute Gasteiger partial charge is 0.481 e. The zero-order valence-electron chi connectivity index (χ0n) is 12.5. The third kappa shape index (κ3) is 3.99. The molecule has 0 fully saturated rings. The molecule has 0 spiro atoms. The number of carbonyl (C=O) groups is 1. The molecule has 1 atom stereocenters. The van der Waals surface area contributed by atoms with E-state index in [4.69, 9.17) is 10.5 Å². The first kappa shape index (κ1) is 14.9. The number of ether oxygens (including phenoxy) is 1. The van der Waals surface area contributed by atoms with Crippen LogP contribution in [0.1, 0.15) is 18.1 Å². The number of aryl methyl sites for hydroxylation is 2. The van der Waals surface area contributed by atoms with Crippen molar-refractivity contribution in [1.82, 2.24) is 0 Å². The molecule has 0 aliphatic heterocycles. The maximum atomic E-state index is 12.2. The van der Waals surface area contributed by atoms with E-state index in [2.05, 4.69) is 5.32 Å². The van der Waals surface area contributed by atoms with Crippen molar-refractivity contribution in [3.05, 3.63) is 53.6 Å². The van der Waals surface area contributed by atoms with Crippen LogP contribution >= 0.6 is 0 Å². The smallest absolute Gasteiger partial charge is 0.265 e. The predicted octanol–water partition coefficient (Wildman–Crippen LogP) is 3.29. The first-order chi connectivity index (χ1) is 9.95. The maximum Gasteiger partial charge on any atom is 0.265 e. The van der Waals surface area contributed by atoms with Gasteiger partial charge in [-0.05, 0) is 62.2 Å². The number of nitrogens with one attached hydrogen (secondary N) is 1. The highest BCUT2D eigenvalue weighted by molar-refractivity contribution is 5.94. The molecule has 21 heavy (non-hydrogen) atoms. The van der Waals surface area contributed by atoms with E-state index in [-0.39, 0.29) is 5.91 Å². The van der Waals surface area contributed by atoms with Crippen LogP contribution in [0.25, 0.3) is 0 Å². The zero-order chi connectivity index (χ0) is 15.4. The van der Waals surface area contributed by atoms with Gasteiger partial charge in [-0.3, -0.25) is 4.79 Å². The van der Waals surface area contributed by atoms with Crippen LogP contribution in [0.15, 0.2) is 42.5 Å². The highest BCUT2D eigenvalue weighted by Gasteiger charge is 2.15. The molecule has 0 saturated carbocycles. The van der Waals surface area contributed by atoms with Crippen LogP contribution in [-0.4, -0.2) is 12.0 Å². The summed E-state index contributed by atoms with van der Waals surface area (Å²) >= 11 is 0. The fourth-order valence-electron chi connectivity index (χ4n) is 1.91. The molecule has 110 valence electrons. The standard InChI is InChI=1S/C17H20N2O2/c1-11-4-5-12(2)16(10-11)19-17(20)13(3)21-15-8-6-14(18)7-9-15/h4-10,13H,18H2,1-3H3,(H,19,20). The topological polar surface area (TPSA) is 64.3 Å². The lowest BCUT2D eigenvalue weighted by molar-refractivity contribution is -0.122. The Balaban J connectivity index is 2.02. The minimum Gasteiger partial charge on any atom is -0.481 e. The van der Waals surface area contributed by atoms with Crippen molar-refractivity contribution < 1.29 is 9.53 Å². The van der Waals surface area contributed by atoms with Gasteiger partial charge < -0.3 is 15.8 Å². The van der Waals surface area contributed by atoms with Gasteiger partial charge in [0.25, 0.3) is 5.91 Å². The fourth-order valence-corrected chi connectivity index (χ4v) is 1.91. The number of carbonyl (C=O) groups excluding carboxylic acids is 1. The molecule has 2 rings (SSSR count). The Morgan fingerprint density at radius 3 is 2.48 bits per heavy atom. The zero-order valence-corrected chi connectivity index (χ0v) is 12.5. The quantitative estimate of drug-likeness (QED) is 0.847. The van der Waals surface area contributed by atoms with E-state index < -0.39 is 6.10 Å². The van der Waals surface area contributed by atoms with E-state index in [0.29, 0.717) is 11.4 Å². The Kier molecular flexibility index (Phi) is 4.48. The second-order valence-electron chi connectivity index (χ2n) is 5.14. The van der Waals surface area contributed by atoms with Crippen molar-refractivity contribution in [3.8, 4) is 5.75 Å². The first-order valence-electron chi connectivity index (χ1n) is 6.86. The van der Waals surface area contributed by atoms with Crippen LogP contribution in [0.4, 0.5) is 11.4 Å². The van der Waals surface area contributed by atoms with Gasteiger partial charge in [-0.1, -0.05) is 12.1 Å². The lowest BCUT2D eigenvalue weighted by Gasteiger charge is -2.16. The van der Waals surface area contributed by atoms with Crippen molar-refractivity contribution in [1.29, 1.82) is 0 Å². The Bertz CT molecular complexity index is 636. The van der Waals surface area contributed by atoms with E-state index in [1.54, 1.807) is 31.2 Å². The summed E-state index contributed by atoms with van der Waals surface area (Å²) in [5.74, 6) is 0.438. The Morgan fingerprint density at radius 2 is 1.81 bits per heavy atom. The van der Waals surface area contributed by atoms with E-state index in [1.165, 1.54) is 0 Å². The summed E-state index contributed by atoms with van der Waals surface area (Å²) in [5.41, 5.74) is 9.21. The van der Waals surface area contributed by atoms with Gasteiger partial charge in [-0.25, -0.2) is 0 Å². The molecule has 2 aromatic carbocycles. The molecule has 0 aliphatic rings. The number of nitrogen functional groups attached to an aromatic ring is 1. The van der Waals surface area contributed by atoms with Gasteiger partial charge in [-0.2, -0.15) is 0 Å². The molecule has 0 aromatic heterocycles. The second-order valence-corrected chi connectivity index (χ2v) is 5.14. The normalized spacial score (nSPS) is 11.8. The molecule has 0 heterocycles. The molecule has 1 amide bonds. The molecule has 0 saturated heterocycles. The van der Waals surface area contributed by atoms with Crippen LogP contribution in [0, 0.1) is 13.8 Å². The molecule has 0 bridgehead atoms. The first-order valence-corrected chi connectivity index (χ1v) is 6.86. The van der Waals surface area contributed by atoms with E-state index in [9.17, 15) is 4.79 Å². The number of nitrogens with two attached hydrogens (primary N) is 1. The number of anilines is 2. The molecule has 0 radical (unpaired) electrons. The molecule has 1 unspecified atom stereocenters. The van der Waals surface area contributed by atoms with Crippen LogP contribution in [-0.2, 0) is 4.79 Å². The van der Waals surface area contributed by atoms with Crippen LogP contribution < -0.4 is 15.8 Å². The van der Waals surface area contributed by atoms with Gasteiger partial charge in [0.2, 0.25) is 0 Å². The summed E-state index contributed by atoms with van der Waals surface area (Å²) in [6.45, 7) is 5.67. The minimum absolute atomic E-state index is 0.180. The van der Waals surface area contributed by atoms with Gasteiger partial charge in [-0.15, -0.1) is 0 Å². The van der Waals surface area contributed by atoms with E-state index in [1.807, 2.05) is 32.0 Å². The summed E-state index contributed by atoms with van der Waals surface area (Å²) < 4.78 is 5.61. The summed E-state index contributed by atoms with van der Waals surface area (Å²) in [4.78, 5) is 12.2. The van der Waals surface area contributed by atoms with Gasteiger partial charge >= 0.3 is 0 Å². The molecule has 0 aliphatic carbocycles. The molecular formula is C17H20N2O2. The SMILES string of the molecule is Cc1ccc(C)c(NC(=O)C(C)Oc2ccc(N)cc2)c1. The number of rotatable bonds is 4. The summed E-state index contributed by atoms with van der Waals surface area (Å²) in [5, 5.41) is 2.89. The predicted molar refractivity (Wildman–Crippen MR) is 85.5 cm³/mol. The average molecular weight is 284 g/mol. The summed E-state index contributed by atoms with van der Waals surface area (Å²) in [6, 6.07) is 12.9. The summed E-state index contributed by atoms with van der Waals surface area (Å²) in [7, 11) is 0. The minimum atomic E-state index is -0.589. The van der Waals surface area contributed by atoms with Crippen molar-refractivity contribution in [2.45, 2.75) is 26.9 Å². The molecule has 4 nitrogen and oxygen atoms in total. The van der Waals surface area contributed by atoms with Gasteiger partial charge in [0, 0.05) is 11.4 Å². The van der Waals surface area contributed by atoms with Gasteiger partial charge in [0.05, 0.1) is 0 Å². The highest BCUT2D eigenvalue weighted by Crippen LogP contribution is 2.18. The van der Waals surface area contributed by atoms with E-state index >= 15 is 0 Å². The Hall–Kier alpha value is -2.49. The monoisotopic (exact) mass is 284 g/mol. The number of hydrogen-bond acceptors (Lipinski definition) is 3. The molecule has 4 heteroatoms. The highest BCUT2D eigenvalue weighted by atomic mass is 16.5. The maximum absolute atomic E-state index is 12.2. The van der Waals surface area contributed by atoms with Crippen molar-refractivity contribution in [2.75, 3.05) is 11.1 Å². The van der Waals surface area contributed by atoms with Crippen LogP contribution in [0.3, 0.4) is 0 Å². The molecule has 3 N–H and O–H groups in total. The number of benzene rings is 2. The Labute approximate surface area is 124 Å². The van der Waals surface area contributed by atoms with Crippen molar-refractivity contribution >= 4 is 17.3 Å². The fraction of sp³-hybridized carbons (Fsp3) is 0.235. The average Bonchev–Trinajstić information content (AvgIpc) is 2.45. The number of hydrogen-bond donors (Lipinski definition) is 2. The molecule has 2 aromatic rings. The number of amides is 1. The van der Waals surface area contributed by atoms with Crippen LogP contribution in [0.5, 0.6) is 5.75 Å². The molecular weight excluding hydrogens is 264 g/mol. The lowest BCUT2D eigenvalue weighted by atomic mass is 10.1. The van der Waals surface area contributed by atoms with Crippen LogP contribution in [0.2, 0.25) is 0 Å². The summed E-state index contributed by atoms with van der Waals surface area (Å²) in [6.07, 6.45) is -0.589. The third-order valence-electron chi connectivity index (χ3n) is 3.21. The van der Waals surface area contributed by atoms with E-state index in [0.717, 1.165) is 16.8 Å². The van der Waals surface area contributed by atoms with Gasteiger partial charge in [0.1, 0.15) is 5.75 Å². The second kappa shape index (κ2) is 6.31. The van der Waals surface area contributed by atoms with Crippen molar-refractivity contribution in [3.63, 3.8) is 0 Å². The van der Waals surface area contributed by atoms with Crippen molar-refractivity contribution in [2.24, 2.45) is 0 Å². The Morgan fingerprint density at radius 1 is 1.14 bits per heavy atom.